The third-order valence-corrected chi connectivity index (χ3v) is 2.63. The van der Waals surface area contributed by atoms with Crippen LogP contribution in [0, 0.1) is 0 Å². The minimum absolute atomic E-state index is 0. The Morgan fingerprint density at radius 2 is 1.90 bits per heavy atom. The number of benzene rings is 1. The number of amides is 2. The first kappa shape index (κ1) is 18.2. The SMILES string of the molecule is COc1ccc(CCNC(=O)C(N)CC(N)=O)cc1.Cl. The van der Waals surface area contributed by atoms with Crippen molar-refractivity contribution < 1.29 is 14.3 Å². The molecule has 1 atom stereocenters. The maximum absolute atomic E-state index is 11.5. The van der Waals surface area contributed by atoms with Crippen LogP contribution >= 0.6 is 12.4 Å². The van der Waals surface area contributed by atoms with Crippen LogP contribution in [0.4, 0.5) is 0 Å². The van der Waals surface area contributed by atoms with Gasteiger partial charge in [-0.05, 0) is 24.1 Å². The third kappa shape index (κ3) is 6.40. The monoisotopic (exact) mass is 301 g/mol. The Morgan fingerprint density at radius 3 is 2.40 bits per heavy atom. The standard InChI is InChI=1S/C13H19N3O3.ClH/c1-19-10-4-2-9(3-5-10)6-7-16-13(18)11(14)8-12(15)17;/h2-5,11H,6-8,14H2,1H3,(H2,15,17)(H,16,18);1H. The Morgan fingerprint density at radius 1 is 1.30 bits per heavy atom. The van der Waals surface area contributed by atoms with Crippen LogP contribution in [0.5, 0.6) is 5.75 Å². The molecule has 0 radical (unpaired) electrons. The number of carbonyl (C=O) groups is 2. The van der Waals surface area contributed by atoms with Crippen molar-refractivity contribution in [1.29, 1.82) is 0 Å². The summed E-state index contributed by atoms with van der Waals surface area (Å²) in [5, 5.41) is 2.66. The van der Waals surface area contributed by atoms with E-state index in [1.165, 1.54) is 0 Å². The van der Waals surface area contributed by atoms with Crippen LogP contribution in [0.25, 0.3) is 0 Å². The van der Waals surface area contributed by atoms with Gasteiger partial charge in [0.2, 0.25) is 11.8 Å². The number of carbonyl (C=O) groups excluding carboxylic acids is 2. The average Bonchev–Trinajstić information content (AvgIpc) is 2.38. The molecule has 0 saturated carbocycles. The van der Waals surface area contributed by atoms with E-state index in [0.29, 0.717) is 13.0 Å². The van der Waals surface area contributed by atoms with Gasteiger partial charge in [0.05, 0.1) is 19.6 Å². The van der Waals surface area contributed by atoms with Gasteiger partial charge in [-0.15, -0.1) is 12.4 Å². The maximum Gasteiger partial charge on any atom is 0.237 e. The lowest BCUT2D eigenvalue weighted by Gasteiger charge is -2.10. The van der Waals surface area contributed by atoms with E-state index < -0.39 is 11.9 Å². The normalized spacial score (nSPS) is 11.1. The van der Waals surface area contributed by atoms with Gasteiger partial charge in [-0.3, -0.25) is 9.59 Å². The molecule has 2 amide bonds. The number of hydrogen-bond donors (Lipinski definition) is 3. The van der Waals surface area contributed by atoms with Crippen LogP contribution in [0.15, 0.2) is 24.3 Å². The Balaban J connectivity index is 0.00000361. The smallest absolute Gasteiger partial charge is 0.237 e. The van der Waals surface area contributed by atoms with Crippen molar-refractivity contribution in [1.82, 2.24) is 5.32 Å². The molecule has 0 fully saturated rings. The summed E-state index contributed by atoms with van der Waals surface area (Å²) in [6, 6.07) is 6.68. The van der Waals surface area contributed by atoms with Gasteiger partial charge >= 0.3 is 0 Å². The lowest BCUT2D eigenvalue weighted by Crippen LogP contribution is -2.43. The Kier molecular flexibility index (Phi) is 8.35. The van der Waals surface area contributed by atoms with Crippen molar-refractivity contribution in [2.24, 2.45) is 11.5 Å². The van der Waals surface area contributed by atoms with Gasteiger partial charge in [0.1, 0.15) is 5.75 Å². The topological polar surface area (TPSA) is 107 Å². The number of hydrogen-bond acceptors (Lipinski definition) is 4. The highest BCUT2D eigenvalue weighted by Gasteiger charge is 2.14. The van der Waals surface area contributed by atoms with Gasteiger partial charge in [-0.25, -0.2) is 0 Å². The number of nitrogens with one attached hydrogen (secondary N) is 1. The Labute approximate surface area is 124 Å². The van der Waals surface area contributed by atoms with Gasteiger partial charge < -0.3 is 21.5 Å². The molecular weight excluding hydrogens is 282 g/mol. The molecule has 20 heavy (non-hydrogen) atoms. The summed E-state index contributed by atoms with van der Waals surface area (Å²) in [4.78, 5) is 22.1. The summed E-state index contributed by atoms with van der Waals surface area (Å²) in [5.41, 5.74) is 11.5. The van der Waals surface area contributed by atoms with Crippen molar-refractivity contribution in [3.63, 3.8) is 0 Å². The highest BCUT2D eigenvalue weighted by Crippen LogP contribution is 2.11. The number of methoxy groups -OCH3 is 1. The van der Waals surface area contributed by atoms with Crippen LogP contribution in [-0.2, 0) is 16.0 Å². The van der Waals surface area contributed by atoms with E-state index >= 15 is 0 Å². The van der Waals surface area contributed by atoms with E-state index in [4.69, 9.17) is 16.2 Å². The summed E-state index contributed by atoms with van der Waals surface area (Å²) in [5.74, 6) is -0.165. The van der Waals surface area contributed by atoms with E-state index in [9.17, 15) is 9.59 Å². The molecule has 1 unspecified atom stereocenters. The second-order valence-corrected chi connectivity index (χ2v) is 4.17. The number of nitrogens with two attached hydrogens (primary N) is 2. The molecule has 5 N–H and O–H groups in total. The first-order valence-corrected chi connectivity index (χ1v) is 5.97. The predicted molar refractivity (Wildman–Crippen MR) is 78.7 cm³/mol. The molecule has 0 aliphatic rings. The maximum atomic E-state index is 11.5. The fourth-order valence-corrected chi connectivity index (χ4v) is 1.56. The van der Waals surface area contributed by atoms with E-state index in [0.717, 1.165) is 11.3 Å². The van der Waals surface area contributed by atoms with Crippen LogP contribution < -0.4 is 21.5 Å². The summed E-state index contributed by atoms with van der Waals surface area (Å²) < 4.78 is 5.05. The predicted octanol–water partition coefficient (Wildman–Crippen LogP) is -0.0216. The second kappa shape index (κ2) is 9.17. The van der Waals surface area contributed by atoms with Crippen molar-refractivity contribution >= 4 is 24.2 Å². The molecule has 112 valence electrons. The number of rotatable bonds is 7. The molecule has 0 saturated heterocycles. The molecule has 7 heteroatoms. The summed E-state index contributed by atoms with van der Waals surface area (Å²) in [6.07, 6.45) is 0.535. The molecule has 1 rings (SSSR count). The number of halogens is 1. The molecular formula is C13H20ClN3O3. The third-order valence-electron chi connectivity index (χ3n) is 2.63. The van der Waals surface area contributed by atoms with E-state index in [2.05, 4.69) is 5.32 Å². The van der Waals surface area contributed by atoms with Crippen LogP contribution in [-0.4, -0.2) is 31.5 Å². The van der Waals surface area contributed by atoms with Gasteiger partial charge in [0.25, 0.3) is 0 Å². The minimum atomic E-state index is -0.881. The highest BCUT2D eigenvalue weighted by molar-refractivity contribution is 5.87. The number of primary amides is 1. The average molecular weight is 302 g/mol. The highest BCUT2D eigenvalue weighted by atomic mass is 35.5. The molecule has 1 aromatic carbocycles. The van der Waals surface area contributed by atoms with Crippen LogP contribution in [0.1, 0.15) is 12.0 Å². The minimum Gasteiger partial charge on any atom is -0.497 e. The van der Waals surface area contributed by atoms with Crippen molar-refractivity contribution in [2.45, 2.75) is 18.9 Å². The molecule has 0 bridgehead atoms. The zero-order chi connectivity index (χ0) is 14.3. The van der Waals surface area contributed by atoms with E-state index in [1.807, 2.05) is 24.3 Å². The molecule has 6 nitrogen and oxygen atoms in total. The molecule has 0 aliphatic heterocycles. The Hall–Kier alpha value is -1.79. The van der Waals surface area contributed by atoms with Crippen molar-refractivity contribution in [3.05, 3.63) is 29.8 Å². The first-order valence-electron chi connectivity index (χ1n) is 5.97. The van der Waals surface area contributed by atoms with Gasteiger partial charge in [0.15, 0.2) is 0 Å². The largest absolute Gasteiger partial charge is 0.497 e. The summed E-state index contributed by atoms with van der Waals surface area (Å²) in [6.45, 7) is 0.456. The van der Waals surface area contributed by atoms with Crippen molar-refractivity contribution in [3.8, 4) is 5.75 Å². The number of ether oxygens (including phenoxy) is 1. The quantitative estimate of drug-likeness (QED) is 0.657. The fraction of sp³-hybridized carbons (Fsp3) is 0.385. The van der Waals surface area contributed by atoms with Crippen LogP contribution in [0.3, 0.4) is 0 Å². The molecule has 0 spiro atoms. The zero-order valence-electron chi connectivity index (χ0n) is 11.3. The zero-order valence-corrected chi connectivity index (χ0v) is 12.1. The molecule has 0 aromatic heterocycles. The molecule has 0 aliphatic carbocycles. The lowest BCUT2D eigenvalue weighted by atomic mass is 10.1. The van der Waals surface area contributed by atoms with Crippen molar-refractivity contribution in [2.75, 3.05) is 13.7 Å². The molecule has 1 aromatic rings. The van der Waals surface area contributed by atoms with Gasteiger partial charge in [0, 0.05) is 6.54 Å². The van der Waals surface area contributed by atoms with Gasteiger partial charge in [-0.1, -0.05) is 12.1 Å². The molecule has 0 heterocycles. The van der Waals surface area contributed by atoms with E-state index in [-0.39, 0.29) is 24.7 Å². The van der Waals surface area contributed by atoms with Crippen LogP contribution in [0.2, 0.25) is 0 Å². The fourth-order valence-electron chi connectivity index (χ4n) is 1.56. The second-order valence-electron chi connectivity index (χ2n) is 4.17. The first-order chi connectivity index (χ1) is 9.02. The van der Waals surface area contributed by atoms with Gasteiger partial charge in [-0.2, -0.15) is 0 Å². The summed E-state index contributed by atoms with van der Waals surface area (Å²) >= 11 is 0. The lowest BCUT2D eigenvalue weighted by molar-refractivity contribution is -0.126. The summed E-state index contributed by atoms with van der Waals surface area (Å²) in [7, 11) is 1.61. The van der Waals surface area contributed by atoms with E-state index in [1.54, 1.807) is 7.11 Å². The Bertz CT molecular complexity index is 437.